The fourth-order valence-electron chi connectivity index (χ4n) is 1.69. The van der Waals surface area contributed by atoms with Crippen molar-refractivity contribution in [3.05, 3.63) is 23.9 Å². The van der Waals surface area contributed by atoms with Crippen LogP contribution in [0.1, 0.15) is 26.3 Å². The van der Waals surface area contributed by atoms with Gasteiger partial charge in [-0.1, -0.05) is 13.0 Å². The zero-order valence-corrected chi connectivity index (χ0v) is 10.8. The van der Waals surface area contributed by atoms with Gasteiger partial charge in [-0.05, 0) is 32.4 Å². The molecule has 1 aromatic heterocycles. The molecule has 94 valence electrons. The van der Waals surface area contributed by atoms with Gasteiger partial charge in [0, 0.05) is 18.8 Å². The van der Waals surface area contributed by atoms with Crippen molar-refractivity contribution in [3.8, 4) is 0 Å². The molecular formula is C13H20N2O2. The lowest BCUT2D eigenvalue weighted by atomic mass is 10.1. The summed E-state index contributed by atoms with van der Waals surface area (Å²) in [5, 5.41) is 8.98. The second-order valence-electron chi connectivity index (χ2n) is 4.63. The number of hydrogen-bond acceptors (Lipinski definition) is 3. The van der Waals surface area contributed by atoms with E-state index < -0.39 is 11.9 Å². The first-order valence-corrected chi connectivity index (χ1v) is 5.84. The molecule has 1 N–H and O–H groups in total. The first kappa shape index (κ1) is 13.5. The number of aliphatic carboxylic acids is 1. The zero-order valence-electron chi connectivity index (χ0n) is 10.8. The maximum Gasteiger partial charge on any atom is 0.308 e. The van der Waals surface area contributed by atoms with Crippen LogP contribution in [0.2, 0.25) is 0 Å². The van der Waals surface area contributed by atoms with Crippen molar-refractivity contribution in [2.24, 2.45) is 5.92 Å². The zero-order chi connectivity index (χ0) is 13.0. The van der Waals surface area contributed by atoms with Crippen molar-refractivity contribution in [2.75, 3.05) is 11.4 Å². The molecule has 1 unspecified atom stereocenters. The van der Waals surface area contributed by atoms with Gasteiger partial charge in [-0.25, -0.2) is 4.98 Å². The minimum atomic E-state index is -0.774. The Morgan fingerprint density at radius 1 is 1.47 bits per heavy atom. The highest BCUT2D eigenvalue weighted by Crippen LogP contribution is 2.20. The molecular weight excluding hydrogens is 216 g/mol. The molecule has 0 aliphatic rings. The van der Waals surface area contributed by atoms with E-state index in [-0.39, 0.29) is 6.04 Å². The molecule has 0 bridgehead atoms. The molecule has 0 amide bonds. The summed E-state index contributed by atoms with van der Waals surface area (Å²) in [6.45, 7) is 8.27. The summed E-state index contributed by atoms with van der Waals surface area (Å²) >= 11 is 0. The molecule has 0 radical (unpaired) electrons. The van der Waals surface area contributed by atoms with Crippen LogP contribution in [0, 0.1) is 12.8 Å². The number of hydrogen-bond donors (Lipinski definition) is 1. The molecule has 1 atom stereocenters. The Morgan fingerprint density at radius 3 is 2.59 bits per heavy atom. The number of rotatable bonds is 5. The number of aryl methyl sites for hydroxylation is 1. The fourth-order valence-corrected chi connectivity index (χ4v) is 1.69. The van der Waals surface area contributed by atoms with Crippen LogP contribution >= 0.6 is 0 Å². The van der Waals surface area contributed by atoms with E-state index in [1.165, 1.54) is 0 Å². The topological polar surface area (TPSA) is 53.4 Å². The Morgan fingerprint density at radius 2 is 2.12 bits per heavy atom. The van der Waals surface area contributed by atoms with Crippen molar-refractivity contribution >= 4 is 11.8 Å². The molecule has 0 saturated heterocycles. The highest BCUT2D eigenvalue weighted by atomic mass is 16.4. The third-order valence-corrected chi connectivity index (χ3v) is 2.77. The summed E-state index contributed by atoms with van der Waals surface area (Å²) in [5.74, 6) is -0.307. The smallest absolute Gasteiger partial charge is 0.308 e. The maximum absolute atomic E-state index is 10.9. The van der Waals surface area contributed by atoms with Gasteiger partial charge in [0.05, 0.1) is 5.92 Å². The number of anilines is 1. The Balaban J connectivity index is 2.94. The first-order valence-electron chi connectivity index (χ1n) is 5.84. The van der Waals surface area contributed by atoms with E-state index in [0.717, 1.165) is 11.4 Å². The molecule has 4 heteroatoms. The number of nitrogens with zero attached hydrogens (tertiary/aromatic N) is 2. The Bertz CT molecular complexity index is 391. The molecule has 0 saturated carbocycles. The van der Waals surface area contributed by atoms with Crippen LogP contribution in [0.5, 0.6) is 0 Å². The van der Waals surface area contributed by atoms with Gasteiger partial charge in [0.15, 0.2) is 0 Å². The van der Waals surface area contributed by atoms with Gasteiger partial charge in [0.1, 0.15) is 5.82 Å². The van der Waals surface area contributed by atoms with Gasteiger partial charge in [-0.3, -0.25) is 4.79 Å². The molecule has 0 spiro atoms. The van der Waals surface area contributed by atoms with Crippen molar-refractivity contribution in [3.63, 3.8) is 0 Å². The van der Waals surface area contributed by atoms with Crippen molar-refractivity contribution in [1.82, 2.24) is 4.98 Å². The average molecular weight is 236 g/mol. The predicted molar refractivity (Wildman–Crippen MR) is 68.3 cm³/mol. The van der Waals surface area contributed by atoms with E-state index in [1.54, 1.807) is 13.1 Å². The van der Waals surface area contributed by atoms with Gasteiger partial charge < -0.3 is 10.0 Å². The predicted octanol–water partition coefficient (Wildman–Crippen LogP) is 2.33. The molecule has 0 aliphatic heterocycles. The minimum Gasteiger partial charge on any atom is -0.481 e. The second kappa shape index (κ2) is 5.66. The van der Waals surface area contributed by atoms with Gasteiger partial charge in [0.25, 0.3) is 0 Å². The molecule has 1 aromatic rings. The lowest BCUT2D eigenvalue weighted by molar-refractivity contribution is -0.140. The fraction of sp³-hybridized carbons (Fsp3) is 0.538. The van der Waals surface area contributed by atoms with Crippen LogP contribution in [0.4, 0.5) is 5.82 Å². The quantitative estimate of drug-likeness (QED) is 0.852. The van der Waals surface area contributed by atoms with Crippen LogP contribution in [-0.2, 0) is 4.79 Å². The molecule has 17 heavy (non-hydrogen) atoms. The van der Waals surface area contributed by atoms with E-state index in [4.69, 9.17) is 5.11 Å². The lowest BCUT2D eigenvalue weighted by Gasteiger charge is -2.30. The van der Waals surface area contributed by atoms with E-state index in [0.29, 0.717) is 6.54 Å². The van der Waals surface area contributed by atoms with E-state index >= 15 is 0 Å². The monoisotopic (exact) mass is 236 g/mol. The number of carboxylic acid groups (broad SMARTS) is 1. The van der Waals surface area contributed by atoms with Gasteiger partial charge in [0.2, 0.25) is 0 Å². The van der Waals surface area contributed by atoms with E-state index in [2.05, 4.69) is 4.98 Å². The van der Waals surface area contributed by atoms with Crippen molar-refractivity contribution in [2.45, 2.75) is 33.7 Å². The molecule has 0 fully saturated rings. The van der Waals surface area contributed by atoms with E-state index in [1.807, 2.05) is 37.8 Å². The first-order chi connectivity index (χ1) is 7.93. The highest BCUT2D eigenvalue weighted by Gasteiger charge is 2.20. The Labute approximate surface area is 102 Å². The summed E-state index contributed by atoms with van der Waals surface area (Å²) < 4.78 is 0. The van der Waals surface area contributed by atoms with E-state index in [9.17, 15) is 4.79 Å². The molecule has 0 aromatic carbocycles. The number of carbonyl (C=O) groups is 1. The van der Waals surface area contributed by atoms with Crippen LogP contribution in [-0.4, -0.2) is 28.6 Å². The molecule has 0 aliphatic carbocycles. The summed E-state index contributed by atoms with van der Waals surface area (Å²) in [4.78, 5) is 17.3. The number of pyridine rings is 1. The third kappa shape index (κ3) is 3.44. The second-order valence-corrected chi connectivity index (χ2v) is 4.63. The normalized spacial score (nSPS) is 12.5. The molecule has 1 heterocycles. The van der Waals surface area contributed by atoms with Crippen LogP contribution in [0.3, 0.4) is 0 Å². The van der Waals surface area contributed by atoms with Crippen molar-refractivity contribution in [1.29, 1.82) is 0 Å². The SMILES string of the molecule is Cc1cccnc1N(CC(C)C(=O)O)C(C)C. The van der Waals surface area contributed by atoms with Crippen LogP contribution in [0.15, 0.2) is 18.3 Å². The highest BCUT2D eigenvalue weighted by molar-refractivity contribution is 5.70. The number of aromatic nitrogens is 1. The maximum atomic E-state index is 10.9. The number of carboxylic acids is 1. The average Bonchev–Trinajstić information content (AvgIpc) is 2.26. The van der Waals surface area contributed by atoms with Crippen molar-refractivity contribution < 1.29 is 9.90 Å². The van der Waals surface area contributed by atoms with Gasteiger partial charge in [-0.15, -0.1) is 0 Å². The summed E-state index contributed by atoms with van der Waals surface area (Å²) in [5.41, 5.74) is 1.07. The third-order valence-electron chi connectivity index (χ3n) is 2.77. The Kier molecular flexibility index (Phi) is 4.49. The minimum absolute atomic E-state index is 0.227. The van der Waals surface area contributed by atoms with Crippen LogP contribution in [0.25, 0.3) is 0 Å². The molecule has 1 rings (SSSR count). The summed E-state index contributed by atoms with van der Waals surface area (Å²) in [7, 11) is 0. The summed E-state index contributed by atoms with van der Waals surface area (Å²) in [6.07, 6.45) is 1.74. The van der Waals surface area contributed by atoms with Gasteiger partial charge >= 0.3 is 5.97 Å². The molecule has 4 nitrogen and oxygen atoms in total. The van der Waals surface area contributed by atoms with Crippen LogP contribution < -0.4 is 4.90 Å². The summed E-state index contributed by atoms with van der Waals surface area (Å²) in [6, 6.07) is 4.10. The largest absolute Gasteiger partial charge is 0.481 e. The van der Waals surface area contributed by atoms with Gasteiger partial charge in [-0.2, -0.15) is 0 Å². The Hall–Kier alpha value is -1.58. The lowest BCUT2D eigenvalue weighted by Crippen LogP contribution is -2.38. The standard InChI is InChI=1S/C13H20N2O2/c1-9(2)15(8-11(4)13(16)17)12-10(3)6-5-7-14-12/h5-7,9,11H,8H2,1-4H3,(H,16,17).